The molecule has 2 rings (SSSR count). The van der Waals surface area contributed by atoms with Crippen molar-refractivity contribution in [1.82, 2.24) is 20.4 Å². The standard InChI is InChI=1S/C32H49N9O9/c1-20(42)32(29(49)37-16-10-5-3-2-4-9-15-33,40(19-25(45)46)27(47)22(34)18-24(43)44)26(21-12-7-6-8-13-21)41-28(48)23(39-31(41)50)14-11-17-38-30(35)36/h6-8,12-13,22-23,26H,2-5,9-11,14-19,33-34H2,1H3,(H,37,49)(H,39,50)(H,43,44)(H,45,46)(H4,35,36,38)/t22-,23-,26?,32-/m0/s1. The van der Waals surface area contributed by atoms with Crippen LogP contribution in [0.1, 0.15) is 76.3 Å². The SMILES string of the molecule is CC(=O)[C@@](C(=O)NCCCCCCCCN)(C(c1ccccc1)N1C(=O)N[C@@H](CCCN=C(N)N)C1=O)N(CC(=O)O)C(=O)[C@@H](N)CC(=O)O. The van der Waals surface area contributed by atoms with E-state index in [1.807, 2.05) is 0 Å². The molecular weight excluding hydrogens is 654 g/mol. The summed E-state index contributed by atoms with van der Waals surface area (Å²) in [5.41, 5.74) is 19.3. The lowest BCUT2D eigenvalue weighted by Gasteiger charge is -2.47. The van der Waals surface area contributed by atoms with Crippen LogP contribution >= 0.6 is 0 Å². The highest BCUT2D eigenvalue weighted by Gasteiger charge is 2.63. The van der Waals surface area contributed by atoms with Gasteiger partial charge in [-0.05, 0) is 44.7 Å². The normalized spacial score (nSPS) is 16.5. The topological polar surface area (TPSA) is 307 Å². The van der Waals surface area contributed by atoms with E-state index in [1.54, 1.807) is 6.07 Å². The first kappa shape index (κ1) is 41.1. The fourth-order valence-electron chi connectivity index (χ4n) is 5.94. The second-order valence-electron chi connectivity index (χ2n) is 12.0. The Labute approximate surface area is 290 Å². The minimum Gasteiger partial charge on any atom is -0.481 e. The van der Waals surface area contributed by atoms with Gasteiger partial charge < -0.3 is 48.7 Å². The Bertz CT molecular complexity index is 1400. The molecule has 12 N–H and O–H groups in total. The van der Waals surface area contributed by atoms with Gasteiger partial charge in [0.2, 0.25) is 11.4 Å². The average molecular weight is 704 g/mol. The van der Waals surface area contributed by atoms with Crippen LogP contribution in [0.4, 0.5) is 4.79 Å². The van der Waals surface area contributed by atoms with Gasteiger partial charge >= 0.3 is 18.0 Å². The molecule has 0 aromatic heterocycles. The molecule has 4 atom stereocenters. The zero-order chi connectivity index (χ0) is 37.4. The lowest BCUT2D eigenvalue weighted by Crippen LogP contribution is -2.73. The van der Waals surface area contributed by atoms with Gasteiger partial charge in [-0.2, -0.15) is 0 Å². The molecule has 50 heavy (non-hydrogen) atoms. The lowest BCUT2D eigenvalue weighted by molar-refractivity contribution is -0.165. The van der Waals surface area contributed by atoms with E-state index in [4.69, 9.17) is 22.9 Å². The van der Waals surface area contributed by atoms with Crippen molar-refractivity contribution >= 4 is 47.4 Å². The average Bonchev–Trinajstić information content (AvgIpc) is 3.33. The zero-order valence-corrected chi connectivity index (χ0v) is 28.2. The summed E-state index contributed by atoms with van der Waals surface area (Å²) in [7, 11) is 0. The number of Topliss-reactive ketones (excluding diaryl/α,β-unsaturated/α-hetero) is 1. The van der Waals surface area contributed by atoms with Crippen molar-refractivity contribution < 1.29 is 43.8 Å². The van der Waals surface area contributed by atoms with Gasteiger partial charge in [-0.15, -0.1) is 0 Å². The Morgan fingerprint density at radius 2 is 1.60 bits per heavy atom. The van der Waals surface area contributed by atoms with Crippen LogP contribution in [0, 0.1) is 0 Å². The van der Waals surface area contributed by atoms with Crippen LogP contribution in [0.25, 0.3) is 0 Å². The minimum absolute atomic E-state index is 0.0178. The number of benzene rings is 1. The number of hydrogen-bond donors (Lipinski definition) is 8. The molecule has 1 aliphatic rings. The van der Waals surface area contributed by atoms with Gasteiger partial charge in [-0.3, -0.25) is 38.7 Å². The summed E-state index contributed by atoms with van der Waals surface area (Å²) in [4.78, 5) is 99.2. The summed E-state index contributed by atoms with van der Waals surface area (Å²) in [5, 5.41) is 24.5. The molecule has 18 nitrogen and oxygen atoms in total. The zero-order valence-electron chi connectivity index (χ0n) is 28.2. The van der Waals surface area contributed by atoms with Crippen LogP contribution in [-0.4, -0.2) is 111 Å². The Morgan fingerprint density at radius 3 is 2.16 bits per heavy atom. The number of carboxylic acids is 2. The molecule has 5 amide bonds. The number of carboxylic acid groups (broad SMARTS) is 2. The van der Waals surface area contributed by atoms with Gasteiger partial charge in [0.1, 0.15) is 18.6 Å². The van der Waals surface area contributed by atoms with Crippen LogP contribution in [0.15, 0.2) is 35.3 Å². The molecule has 1 unspecified atom stereocenters. The Morgan fingerprint density at radius 1 is 0.980 bits per heavy atom. The molecule has 0 spiro atoms. The maximum absolute atomic E-state index is 14.6. The van der Waals surface area contributed by atoms with E-state index in [0.29, 0.717) is 29.2 Å². The van der Waals surface area contributed by atoms with Crippen LogP contribution in [0.2, 0.25) is 0 Å². The van der Waals surface area contributed by atoms with E-state index in [9.17, 15) is 43.8 Å². The second kappa shape index (κ2) is 19.8. The van der Waals surface area contributed by atoms with Crippen LogP contribution < -0.4 is 33.6 Å². The fourth-order valence-corrected chi connectivity index (χ4v) is 5.94. The third kappa shape index (κ3) is 10.7. The molecule has 1 aliphatic heterocycles. The summed E-state index contributed by atoms with van der Waals surface area (Å²) < 4.78 is 0. The molecule has 0 aliphatic carbocycles. The minimum atomic E-state index is -2.92. The van der Waals surface area contributed by atoms with Crippen molar-refractivity contribution in [3.05, 3.63) is 35.9 Å². The number of nitrogens with two attached hydrogens (primary N) is 4. The third-order valence-corrected chi connectivity index (χ3v) is 8.26. The summed E-state index contributed by atoms with van der Waals surface area (Å²) >= 11 is 0. The number of imide groups is 1. The molecule has 18 heteroatoms. The monoisotopic (exact) mass is 703 g/mol. The summed E-state index contributed by atoms with van der Waals surface area (Å²) in [5.74, 6) is -7.91. The molecule has 1 aromatic rings. The van der Waals surface area contributed by atoms with E-state index >= 15 is 0 Å². The molecule has 0 bridgehead atoms. The van der Waals surface area contributed by atoms with Gasteiger partial charge in [-0.1, -0.05) is 56.0 Å². The maximum Gasteiger partial charge on any atom is 0.325 e. The number of hydrogen-bond acceptors (Lipinski definition) is 10. The number of nitrogens with one attached hydrogen (secondary N) is 2. The Hall–Kier alpha value is -5.10. The molecule has 1 aromatic carbocycles. The number of urea groups is 1. The molecule has 1 saturated heterocycles. The number of aliphatic carboxylic acids is 2. The van der Waals surface area contributed by atoms with E-state index in [0.717, 1.165) is 32.6 Å². The van der Waals surface area contributed by atoms with Crippen molar-refractivity contribution in [3.63, 3.8) is 0 Å². The number of carbonyl (C=O) groups is 7. The van der Waals surface area contributed by atoms with Gasteiger partial charge in [0.15, 0.2) is 11.7 Å². The number of unbranched alkanes of at least 4 members (excludes halogenated alkanes) is 5. The molecule has 1 fully saturated rings. The second-order valence-corrected chi connectivity index (χ2v) is 12.0. The van der Waals surface area contributed by atoms with E-state index in [1.165, 1.54) is 24.3 Å². The predicted octanol–water partition coefficient (Wildman–Crippen LogP) is -0.840. The molecule has 0 saturated carbocycles. The van der Waals surface area contributed by atoms with Crippen LogP contribution in [0.5, 0.6) is 0 Å². The number of nitrogens with zero attached hydrogens (tertiary/aromatic N) is 3. The molecular formula is C32H49N9O9. The third-order valence-electron chi connectivity index (χ3n) is 8.26. The van der Waals surface area contributed by atoms with E-state index in [-0.39, 0.29) is 37.5 Å². The first-order valence-corrected chi connectivity index (χ1v) is 16.4. The van der Waals surface area contributed by atoms with Crippen LogP contribution in [0.3, 0.4) is 0 Å². The number of guanidine groups is 1. The number of amides is 5. The fraction of sp³-hybridized carbons (Fsp3) is 0.562. The van der Waals surface area contributed by atoms with Crippen molar-refractivity contribution in [3.8, 4) is 0 Å². The van der Waals surface area contributed by atoms with Crippen LogP contribution in [-0.2, 0) is 28.8 Å². The first-order chi connectivity index (χ1) is 23.7. The largest absolute Gasteiger partial charge is 0.481 e. The van der Waals surface area contributed by atoms with Crippen molar-refractivity contribution in [1.29, 1.82) is 0 Å². The van der Waals surface area contributed by atoms with Gasteiger partial charge in [0, 0.05) is 13.1 Å². The Balaban J connectivity index is 2.77. The first-order valence-electron chi connectivity index (χ1n) is 16.4. The highest BCUT2D eigenvalue weighted by Crippen LogP contribution is 2.41. The highest BCUT2D eigenvalue weighted by atomic mass is 16.4. The van der Waals surface area contributed by atoms with Crippen molar-refractivity contribution in [2.75, 3.05) is 26.2 Å². The van der Waals surface area contributed by atoms with Gasteiger partial charge in [0.05, 0.1) is 12.5 Å². The van der Waals surface area contributed by atoms with Crippen molar-refractivity contribution in [2.24, 2.45) is 27.9 Å². The lowest BCUT2D eigenvalue weighted by atomic mass is 9.77. The smallest absolute Gasteiger partial charge is 0.325 e. The summed E-state index contributed by atoms with van der Waals surface area (Å²) in [6.07, 6.45) is 3.95. The van der Waals surface area contributed by atoms with Gasteiger partial charge in [-0.25, -0.2) is 4.79 Å². The van der Waals surface area contributed by atoms with Gasteiger partial charge in [0.25, 0.3) is 11.8 Å². The number of aliphatic imine (C=N–C) groups is 1. The quantitative estimate of drug-likeness (QED) is 0.0227. The summed E-state index contributed by atoms with van der Waals surface area (Å²) in [6.45, 7) is 0.289. The molecule has 276 valence electrons. The van der Waals surface area contributed by atoms with E-state index < -0.39 is 78.1 Å². The summed E-state index contributed by atoms with van der Waals surface area (Å²) in [6, 6.07) is 1.39. The Kier molecular flexibility index (Phi) is 16.3. The van der Waals surface area contributed by atoms with E-state index in [2.05, 4.69) is 15.6 Å². The number of ketones is 1. The predicted molar refractivity (Wildman–Crippen MR) is 181 cm³/mol. The molecule has 1 heterocycles. The number of carbonyl (C=O) groups excluding carboxylic acids is 5. The highest BCUT2D eigenvalue weighted by molar-refractivity contribution is 6.16. The van der Waals surface area contributed by atoms with Crippen molar-refractivity contribution in [2.45, 2.75) is 88.4 Å². The molecule has 0 radical (unpaired) electrons. The maximum atomic E-state index is 14.6. The number of rotatable bonds is 23.